The smallest absolute Gasteiger partial charge is 0.115 e. The lowest BCUT2D eigenvalue weighted by Gasteiger charge is -2.03. The first-order chi connectivity index (χ1) is 8.33. The van der Waals surface area contributed by atoms with Gasteiger partial charge in [0.2, 0.25) is 0 Å². The minimum atomic E-state index is 0.377. The highest BCUT2D eigenvalue weighted by Crippen LogP contribution is 2.18. The molecule has 0 aliphatic rings. The molecule has 0 radical (unpaired) electrons. The lowest BCUT2D eigenvalue weighted by atomic mass is 10.1. The van der Waals surface area contributed by atoms with Crippen molar-refractivity contribution in [2.75, 3.05) is 5.75 Å². The average Bonchev–Trinajstić information content (AvgIpc) is 2.33. The van der Waals surface area contributed by atoms with Crippen LogP contribution >= 0.6 is 11.8 Å². The molecule has 0 fully saturated rings. The molecule has 17 heavy (non-hydrogen) atoms. The highest BCUT2D eigenvalue weighted by Gasteiger charge is 1.95. The summed E-state index contributed by atoms with van der Waals surface area (Å²) in [5, 5.41) is 9.33. The second-order valence-electron chi connectivity index (χ2n) is 4.49. The van der Waals surface area contributed by atoms with Crippen molar-refractivity contribution in [3.8, 4) is 5.75 Å². The number of hydrogen-bond donors (Lipinski definition) is 1. The number of phenolic OH excluding ortho intramolecular Hbond substituents is 1. The van der Waals surface area contributed by atoms with Crippen molar-refractivity contribution in [3.63, 3.8) is 0 Å². The maximum Gasteiger partial charge on any atom is 0.115 e. The zero-order valence-electron chi connectivity index (χ0n) is 10.8. The van der Waals surface area contributed by atoms with Crippen LogP contribution in [0, 0.1) is 0 Å². The number of unbranched alkanes of at least 4 members (excludes halogenated alkanes) is 5. The summed E-state index contributed by atoms with van der Waals surface area (Å²) in [5.41, 5.74) is 1.22. The van der Waals surface area contributed by atoms with Gasteiger partial charge < -0.3 is 5.11 Å². The maximum atomic E-state index is 9.33. The molecule has 1 N–H and O–H groups in total. The van der Waals surface area contributed by atoms with Crippen molar-refractivity contribution in [1.29, 1.82) is 0 Å². The first kappa shape index (κ1) is 14.4. The predicted molar refractivity (Wildman–Crippen MR) is 77.6 cm³/mol. The Morgan fingerprint density at radius 1 is 1.06 bits per heavy atom. The molecule has 0 bridgehead atoms. The van der Waals surface area contributed by atoms with E-state index >= 15 is 0 Å². The first-order valence-corrected chi connectivity index (χ1v) is 7.84. The van der Waals surface area contributed by atoms with Crippen molar-refractivity contribution in [2.24, 2.45) is 0 Å². The molecule has 2 heteroatoms. The molecular weight excluding hydrogens is 228 g/mol. The number of hydrogen-bond acceptors (Lipinski definition) is 2. The van der Waals surface area contributed by atoms with E-state index in [1.807, 2.05) is 23.9 Å². The highest BCUT2D eigenvalue weighted by atomic mass is 32.2. The van der Waals surface area contributed by atoms with Gasteiger partial charge >= 0.3 is 0 Å². The number of phenols is 1. The number of thioether (sulfide) groups is 1. The summed E-state index contributed by atoms with van der Waals surface area (Å²) in [4.78, 5) is 0. The molecular formula is C15H24OS. The van der Waals surface area contributed by atoms with Gasteiger partial charge in [-0.05, 0) is 29.9 Å². The molecule has 0 saturated carbocycles. The molecule has 0 amide bonds. The summed E-state index contributed by atoms with van der Waals surface area (Å²) in [6.07, 6.45) is 8.19. The Bertz CT molecular complexity index is 299. The summed E-state index contributed by atoms with van der Waals surface area (Å²) in [7, 11) is 0. The molecule has 0 aliphatic heterocycles. The van der Waals surface area contributed by atoms with Crippen LogP contribution in [0.15, 0.2) is 24.3 Å². The Kier molecular flexibility index (Phi) is 7.98. The molecule has 0 atom stereocenters. The van der Waals surface area contributed by atoms with Gasteiger partial charge in [0.05, 0.1) is 0 Å². The monoisotopic (exact) mass is 252 g/mol. The van der Waals surface area contributed by atoms with Crippen LogP contribution in [0.3, 0.4) is 0 Å². The van der Waals surface area contributed by atoms with E-state index in [0.717, 1.165) is 5.75 Å². The summed E-state index contributed by atoms with van der Waals surface area (Å²) in [6, 6.07) is 7.57. The van der Waals surface area contributed by atoms with E-state index < -0.39 is 0 Å². The van der Waals surface area contributed by atoms with Gasteiger partial charge in [-0.3, -0.25) is 0 Å². The van der Waals surface area contributed by atoms with Crippen LogP contribution in [0.5, 0.6) is 5.75 Å². The Labute approximate surface area is 110 Å². The zero-order chi connectivity index (χ0) is 12.3. The van der Waals surface area contributed by atoms with Crippen LogP contribution in [0.1, 0.15) is 51.0 Å². The van der Waals surface area contributed by atoms with Gasteiger partial charge in [-0.1, -0.05) is 51.2 Å². The number of aromatic hydroxyl groups is 1. The summed E-state index contributed by atoms with van der Waals surface area (Å²) in [5.74, 6) is 2.63. The van der Waals surface area contributed by atoms with Gasteiger partial charge in [0.25, 0.3) is 0 Å². The van der Waals surface area contributed by atoms with E-state index in [-0.39, 0.29) is 0 Å². The first-order valence-electron chi connectivity index (χ1n) is 6.68. The van der Waals surface area contributed by atoms with Gasteiger partial charge in [-0.2, -0.15) is 11.8 Å². The molecule has 0 aromatic heterocycles. The SMILES string of the molecule is CCCCCCCCSCc1cccc(O)c1. The largest absolute Gasteiger partial charge is 0.508 e. The lowest BCUT2D eigenvalue weighted by Crippen LogP contribution is -1.85. The molecule has 0 aliphatic carbocycles. The second-order valence-corrected chi connectivity index (χ2v) is 5.60. The van der Waals surface area contributed by atoms with E-state index in [2.05, 4.69) is 13.0 Å². The molecule has 1 nitrogen and oxygen atoms in total. The van der Waals surface area contributed by atoms with Crippen molar-refractivity contribution in [2.45, 2.75) is 51.2 Å². The Morgan fingerprint density at radius 2 is 1.82 bits per heavy atom. The summed E-state index contributed by atoms with van der Waals surface area (Å²) in [6.45, 7) is 2.26. The van der Waals surface area contributed by atoms with Gasteiger partial charge in [-0.25, -0.2) is 0 Å². The van der Waals surface area contributed by atoms with Gasteiger partial charge in [0.15, 0.2) is 0 Å². The molecule has 1 aromatic carbocycles. The van der Waals surface area contributed by atoms with Crippen LogP contribution in [0.4, 0.5) is 0 Å². The third kappa shape index (κ3) is 7.32. The average molecular weight is 252 g/mol. The second kappa shape index (κ2) is 9.41. The van der Waals surface area contributed by atoms with Gasteiger partial charge in [0.1, 0.15) is 5.75 Å². The fourth-order valence-electron chi connectivity index (χ4n) is 1.82. The van der Waals surface area contributed by atoms with Crippen LogP contribution in [0.2, 0.25) is 0 Å². The third-order valence-corrected chi connectivity index (χ3v) is 3.94. The minimum absolute atomic E-state index is 0.377. The van der Waals surface area contributed by atoms with Crippen molar-refractivity contribution in [1.82, 2.24) is 0 Å². The normalized spacial score (nSPS) is 10.6. The zero-order valence-corrected chi connectivity index (χ0v) is 11.6. The maximum absolute atomic E-state index is 9.33. The molecule has 1 rings (SSSR count). The van der Waals surface area contributed by atoms with E-state index in [1.54, 1.807) is 6.07 Å². The predicted octanol–water partition coefficient (Wildman–Crippen LogP) is 4.99. The topological polar surface area (TPSA) is 20.2 Å². The Morgan fingerprint density at radius 3 is 2.59 bits per heavy atom. The van der Waals surface area contributed by atoms with Crippen molar-refractivity contribution < 1.29 is 5.11 Å². The van der Waals surface area contributed by atoms with E-state index in [1.165, 1.54) is 49.8 Å². The van der Waals surface area contributed by atoms with Crippen LogP contribution in [-0.4, -0.2) is 10.9 Å². The molecule has 0 heterocycles. The van der Waals surface area contributed by atoms with Gasteiger partial charge in [-0.15, -0.1) is 0 Å². The summed E-state index contributed by atoms with van der Waals surface area (Å²) >= 11 is 1.97. The quantitative estimate of drug-likeness (QED) is 0.625. The van der Waals surface area contributed by atoms with Crippen molar-refractivity contribution in [3.05, 3.63) is 29.8 Å². The minimum Gasteiger partial charge on any atom is -0.508 e. The molecule has 0 spiro atoms. The Hall–Kier alpha value is -0.630. The third-order valence-electron chi connectivity index (χ3n) is 2.82. The van der Waals surface area contributed by atoms with E-state index in [4.69, 9.17) is 0 Å². The number of rotatable bonds is 9. The van der Waals surface area contributed by atoms with Crippen LogP contribution < -0.4 is 0 Å². The molecule has 1 aromatic rings. The van der Waals surface area contributed by atoms with Crippen molar-refractivity contribution >= 4 is 11.8 Å². The van der Waals surface area contributed by atoms with Crippen LogP contribution in [-0.2, 0) is 5.75 Å². The fraction of sp³-hybridized carbons (Fsp3) is 0.600. The fourth-order valence-corrected chi connectivity index (χ4v) is 2.79. The van der Waals surface area contributed by atoms with E-state index in [9.17, 15) is 5.11 Å². The summed E-state index contributed by atoms with van der Waals surface area (Å²) < 4.78 is 0. The molecule has 96 valence electrons. The standard InChI is InChI=1S/C15H24OS/c1-2-3-4-5-6-7-11-17-13-14-9-8-10-15(16)12-14/h8-10,12,16H,2-7,11,13H2,1H3. The molecule has 0 unspecified atom stereocenters. The van der Waals surface area contributed by atoms with Crippen LogP contribution in [0.25, 0.3) is 0 Å². The van der Waals surface area contributed by atoms with E-state index in [0.29, 0.717) is 5.75 Å². The number of benzene rings is 1. The lowest BCUT2D eigenvalue weighted by molar-refractivity contribution is 0.475. The molecule has 0 saturated heterocycles. The van der Waals surface area contributed by atoms with Gasteiger partial charge in [0, 0.05) is 5.75 Å². The Balaban J connectivity index is 1.97. The highest BCUT2D eigenvalue weighted by molar-refractivity contribution is 7.98.